The van der Waals surface area contributed by atoms with Gasteiger partial charge in [-0.1, -0.05) is 25.1 Å². The van der Waals surface area contributed by atoms with Gasteiger partial charge >= 0.3 is 6.09 Å². The second kappa shape index (κ2) is 8.15. The number of benzene rings is 2. The van der Waals surface area contributed by atoms with E-state index in [1.807, 2.05) is 31.2 Å². The topological polar surface area (TPSA) is 79.4 Å². The summed E-state index contributed by atoms with van der Waals surface area (Å²) in [4.78, 5) is 15.9. The van der Waals surface area contributed by atoms with Crippen LogP contribution in [0, 0.1) is 5.92 Å². The van der Waals surface area contributed by atoms with Crippen molar-refractivity contribution in [3.63, 3.8) is 0 Å². The number of hydrogen-bond donors (Lipinski definition) is 1. The predicted octanol–water partition coefficient (Wildman–Crippen LogP) is 4.59. The summed E-state index contributed by atoms with van der Waals surface area (Å²) in [6.07, 6.45) is 1.79. The summed E-state index contributed by atoms with van der Waals surface area (Å²) in [5.74, 6) is 2.83. The summed E-state index contributed by atoms with van der Waals surface area (Å²) in [6, 6.07) is 14.3. The van der Waals surface area contributed by atoms with Gasteiger partial charge in [-0.2, -0.15) is 0 Å². The molecule has 1 heterocycles. The quantitative estimate of drug-likeness (QED) is 0.607. The van der Waals surface area contributed by atoms with Gasteiger partial charge in [-0.15, -0.1) is 0 Å². The number of aromatic nitrogens is 2. The maximum atomic E-state index is 10.9. The number of primary amides is 1. The van der Waals surface area contributed by atoms with Crippen LogP contribution in [0.25, 0.3) is 11.0 Å². The summed E-state index contributed by atoms with van der Waals surface area (Å²) < 4.78 is 12.8. The van der Waals surface area contributed by atoms with Crippen molar-refractivity contribution < 1.29 is 14.3 Å². The lowest BCUT2D eigenvalue weighted by molar-refractivity contribution is 0.150. The van der Waals surface area contributed by atoms with Gasteiger partial charge in [-0.3, -0.25) is 0 Å². The van der Waals surface area contributed by atoms with Gasteiger partial charge in [0.05, 0.1) is 17.6 Å². The third kappa shape index (κ3) is 4.36. The maximum Gasteiger partial charge on any atom is 0.404 e. The van der Waals surface area contributed by atoms with Crippen LogP contribution < -0.4 is 10.5 Å². The molecule has 6 nitrogen and oxygen atoms in total. The van der Waals surface area contributed by atoms with Crippen molar-refractivity contribution in [2.24, 2.45) is 11.7 Å². The van der Waals surface area contributed by atoms with Crippen molar-refractivity contribution >= 4 is 17.1 Å². The molecule has 1 saturated carbocycles. The third-order valence-corrected chi connectivity index (χ3v) is 5.44. The highest BCUT2D eigenvalue weighted by Gasteiger charge is 2.26. The van der Waals surface area contributed by atoms with Crippen LogP contribution in [0.5, 0.6) is 5.75 Å². The molecule has 1 amide bonds. The van der Waals surface area contributed by atoms with Crippen molar-refractivity contribution in [3.8, 4) is 5.75 Å². The second-order valence-corrected chi connectivity index (χ2v) is 7.68. The molecule has 2 N–H and O–H groups in total. The van der Waals surface area contributed by atoms with Gasteiger partial charge in [0, 0.05) is 12.5 Å². The molecule has 1 aliphatic carbocycles. The van der Waals surface area contributed by atoms with Crippen LogP contribution in [0.3, 0.4) is 0 Å². The minimum Gasteiger partial charge on any atom is -0.494 e. The Morgan fingerprint density at radius 2 is 2.00 bits per heavy atom. The molecule has 29 heavy (non-hydrogen) atoms. The molecule has 1 unspecified atom stereocenters. The number of fused-ring (bicyclic) bond motifs is 1. The Bertz CT molecular complexity index is 1010. The summed E-state index contributed by atoms with van der Waals surface area (Å²) in [7, 11) is 0. The van der Waals surface area contributed by atoms with E-state index in [9.17, 15) is 4.79 Å². The molecule has 4 rings (SSSR count). The van der Waals surface area contributed by atoms with Crippen molar-refractivity contribution in [2.75, 3.05) is 6.61 Å². The monoisotopic (exact) mass is 393 g/mol. The molecule has 1 aromatic heterocycles. The predicted molar refractivity (Wildman–Crippen MR) is 112 cm³/mol. The fourth-order valence-corrected chi connectivity index (χ4v) is 3.69. The lowest BCUT2D eigenvalue weighted by Gasteiger charge is -2.15. The summed E-state index contributed by atoms with van der Waals surface area (Å²) in [6.45, 7) is 5.99. The second-order valence-electron chi connectivity index (χ2n) is 7.68. The number of amides is 1. The van der Waals surface area contributed by atoms with Crippen molar-refractivity contribution in [1.29, 1.82) is 0 Å². The minimum atomic E-state index is -0.769. The van der Waals surface area contributed by atoms with Crippen LogP contribution in [0.15, 0.2) is 42.5 Å². The maximum absolute atomic E-state index is 10.9. The van der Waals surface area contributed by atoms with Crippen LogP contribution in [0.2, 0.25) is 0 Å². The Kier molecular flexibility index (Phi) is 5.43. The Morgan fingerprint density at radius 1 is 1.24 bits per heavy atom. The molecule has 2 aromatic carbocycles. The molecule has 152 valence electrons. The zero-order valence-corrected chi connectivity index (χ0v) is 16.9. The smallest absolute Gasteiger partial charge is 0.404 e. The molecule has 0 radical (unpaired) electrons. The molecule has 1 fully saturated rings. The van der Waals surface area contributed by atoms with Crippen LogP contribution in [-0.4, -0.2) is 22.3 Å². The number of imidazole rings is 1. The van der Waals surface area contributed by atoms with E-state index < -0.39 is 6.09 Å². The van der Waals surface area contributed by atoms with Gasteiger partial charge in [-0.05, 0) is 61.1 Å². The first-order chi connectivity index (χ1) is 14.0. The number of carbonyl (C=O) groups is 1. The van der Waals surface area contributed by atoms with Crippen molar-refractivity contribution in [1.82, 2.24) is 9.55 Å². The molecule has 6 heteroatoms. The average molecular weight is 393 g/mol. The summed E-state index contributed by atoms with van der Waals surface area (Å²) in [5, 5.41) is 0. The van der Waals surface area contributed by atoms with Gasteiger partial charge in [-0.25, -0.2) is 9.78 Å². The lowest BCUT2D eigenvalue weighted by atomic mass is 10.00. The van der Waals surface area contributed by atoms with Gasteiger partial charge in [0.25, 0.3) is 0 Å². The van der Waals surface area contributed by atoms with Crippen LogP contribution in [-0.2, 0) is 17.9 Å². The zero-order chi connectivity index (χ0) is 20.4. The zero-order valence-electron chi connectivity index (χ0n) is 16.9. The largest absolute Gasteiger partial charge is 0.494 e. The number of rotatable bonds is 8. The minimum absolute atomic E-state index is 0.155. The first-order valence-corrected chi connectivity index (χ1v) is 10.2. The van der Waals surface area contributed by atoms with Gasteiger partial charge in [0.2, 0.25) is 0 Å². The number of nitrogens with two attached hydrogens (primary N) is 1. The molecule has 0 aliphatic heterocycles. The van der Waals surface area contributed by atoms with Crippen molar-refractivity contribution in [3.05, 3.63) is 59.4 Å². The van der Waals surface area contributed by atoms with E-state index in [0.29, 0.717) is 6.61 Å². The molecule has 0 spiro atoms. The highest BCUT2D eigenvalue weighted by Crippen LogP contribution is 2.35. The molecule has 1 aliphatic rings. The molecular weight excluding hydrogens is 366 g/mol. The fraction of sp³-hybridized carbons (Fsp3) is 0.391. The average Bonchev–Trinajstić information content (AvgIpc) is 3.47. The fourth-order valence-electron chi connectivity index (χ4n) is 3.69. The van der Waals surface area contributed by atoms with E-state index in [-0.39, 0.29) is 12.5 Å². The highest BCUT2D eigenvalue weighted by atomic mass is 16.5. The standard InChI is InChI=1S/C23H27N3O3/c1-3-28-19-9-7-18(8-10-19)15(2)22-25-20-12-17(14-29-23(24)27)6-11-21(20)26(22)13-16-4-5-16/h6-12,15-16H,3-5,13-14H2,1-2H3,(H2,24,27). The van der Waals surface area contributed by atoms with Gasteiger partial charge in [0.15, 0.2) is 0 Å². The Labute approximate surface area is 170 Å². The van der Waals surface area contributed by atoms with E-state index in [0.717, 1.165) is 40.6 Å². The van der Waals surface area contributed by atoms with Crippen LogP contribution in [0.1, 0.15) is 49.6 Å². The van der Waals surface area contributed by atoms with Crippen molar-refractivity contribution in [2.45, 2.75) is 45.8 Å². The Hall–Kier alpha value is -3.02. The molecule has 3 aromatic rings. The van der Waals surface area contributed by atoms with E-state index in [1.54, 1.807) is 0 Å². The number of nitrogens with zero attached hydrogens (tertiary/aromatic N) is 2. The number of hydrogen-bond acceptors (Lipinski definition) is 4. The van der Waals surface area contributed by atoms with E-state index in [1.165, 1.54) is 18.4 Å². The highest BCUT2D eigenvalue weighted by molar-refractivity contribution is 5.77. The molecule has 0 saturated heterocycles. The van der Waals surface area contributed by atoms with Gasteiger partial charge < -0.3 is 19.8 Å². The van der Waals surface area contributed by atoms with Gasteiger partial charge in [0.1, 0.15) is 18.2 Å². The lowest BCUT2D eigenvalue weighted by Crippen LogP contribution is -2.12. The summed E-state index contributed by atoms with van der Waals surface area (Å²) >= 11 is 0. The third-order valence-electron chi connectivity index (χ3n) is 5.44. The molecule has 0 bridgehead atoms. The molecular formula is C23H27N3O3. The first kappa shape index (κ1) is 19.3. The normalized spacial score (nSPS) is 14.7. The first-order valence-electron chi connectivity index (χ1n) is 10.2. The van der Waals surface area contributed by atoms with E-state index in [4.69, 9.17) is 20.2 Å². The Balaban J connectivity index is 1.68. The van der Waals surface area contributed by atoms with E-state index >= 15 is 0 Å². The SMILES string of the molecule is CCOc1ccc(C(C)c2nc3cc(COC(N)=O)ccc3n2CC2CC2)cc1. The van der Waals surface area contributed by atoms with Crippen LogP contribution >= 0.6 is 0 Å². The van der Waals surface area contributed by atoms with E-state index in [2.05, 4.69) is 29.7 Å². The van der Waals surface area contributed by atoms with Crippen LogP contribution in [0.4, 0.5) is 4.79 Å². The number of ether oxygens (including phenoxy) is 2. The number of carbonyl (C=O) groups excluding carboxylic acids is 1. The Morgan fingerprint density at radius 3 is 2.66 bits per heavy atom. The summed E-state index contributed by atoms with van der Waals surface area (Å²) in [5.41, 5.74) is 9.21. The molecule has 1 atom stereocenters.